The average molecular weight is 807 g/mol. The molecule has 3 aliphatic rings. The summed E-state index contributed by atoms with van der Waals surface area (Å²) in [5.41, 5.74) is -0.203. The number of nitrogens with zero attached hydrogens (tertiary/aromatic N) is 6. The fourth-order valence-electron chi connectivity index (χ4n) is 8.42. The molecule has 8 rings (SSSR count). The van der Waals surface area contributed by atoms with Crippen molar-refractivity contribution in [3.63, 3.8) is 0 Å². The average Bonchev–Trinajstić information content (AvgIpc) is 3.71. The number of imide groups is 1. The van der Waals surface area contributed by atoms with Gasteiger partial charge in [0.15, 0.2) is 0 Å². The second-order valence-electron chi connectivity index (χ2n) is 15.2. The van der Waals surface area contributed by atoms with Gasteiger partial charge < -0.3 is 10.1 Å². The number of hydrogen-bond acceptors (Lipinski definition) is 8. The van der Waals surface area contributed by atoms with Gasteiger partial charge in [-0.3, -0.25) is 38.4 Å². The maximum atomic E-state index is 15.8. The molecule has 304 valence electrons. The number of hydrogen-bond donors (Lipinski definition) is 2. The minimum Gasteiger partial charge on any atom is -0.494 e. The van der Waals surface area contributed by atoms with Crippen molar-refractivity contribution in [3.05, 3.63) is 88.2 Å². The van der Waals surface area contributed by atoms with Gasteiger partial charge in [0.2, 0.25) is 11.8 Å². The number of benzene rings is 2. The molecule has 5 heterocycles. The van der Waals surface area contributed by atoms with Crippen LogP contribution < -0.4 is 21.1 Å². The number of aryl methyl sites for hydroxylation is 1. The van der Waals surface area contributed by atoms with Crippen molar-refractivity contribution >= 4 is 50.9 Å². The summed E-state index contributed by atoms with van der Waals surface area (Å²) < 4.78 is 81.1. The van der Waals surface area contributed by atoms with Crippen LogP contribution in [0, 0.1) is 5.92 Å². The number of rotatable bonds is 8. The van der Waals surface area contributed by atoms with E-state index in [1.807, 2.05) is 10.9 Å². The first-order valence-corrected chi connectivity index (χ1v) is 18.9. The number of methoxy groups -OCH3 is 1. The van der Waals surface area contributed by atoms with Gasteiger partial charge in [-0.1, -0.05) is 18.2 Å². The smallest absolute Gasteiger partial charge is 0.433 e. The molecule has 2 aromatic carbocycles. The molecule has 0 radical (unpaired) electrons. The Hall–Kier alpha value is -5.91. The normalized spacial score (nSPS) is 21.6. The zero-order valence-corrected chi connectivity index (χ0v) is 31.5. The first-order chi connectivity index (χ1) is 27.6. The number of carbonyl (C=O) groups is 3. The third-order valence-corrected chi connectivity index (χ3v) is 11.4. The molecule has 1 saturated carbocycles. The van der Waals surface area contributed by atoms with Gasteiger partial charge in [0.1, 0.15) is 23.2 Å². The predicted octanol–water partition coefficient (Wildman–Crippen LogP) is 6.11. The SMILES string of the molecule is COc1cc2nn([C@H]3CC[C@H](CN4CC=C(c5ccc6c(c5)n(C)c(=O)n6C5CCC(=O)NC5=O)C(F)(F)C4)CC3)cc2cc1NC(=O)c1cccc(C(F)(F)F)n1. The van der Waals surface area contributed by atoms with Crippen LogP contribution in [0.25, 0.3) is 27.5 Å². The number of halogens is 5. The quantitative estimate of drug-likeness (QED) is 0.141. The molecule has 1 atom stereocenters. The number of alkyl halides is 5. The molecule has 1 aliphatic carbocycles. The van der Waals surface area contributed by atoms with E-state index in [9.17, 15) is 32.3 Å². The number of aromatic nitrogens is 5. The van der Waals surface area contributed by atoms with E-state index in [-0.39, 0.29) is 41.8 Å². The molecular formula is C40H39F5N8O5. The largest absolute Gasteiger partial charge is 0.494 e. The predicted molar refractivity (Wildman–Crippen MR) is 202 cm³/mol. The zero-order chi connectivity index (χ0) is 41.1. The van der Waals surface area contributed by atoms with E-state index in [4.69, 9.17) is 9.84 Å². The van der Waals surface area contributed by atoms with Crippen LogP contribution in [0.5, 0.6) is 5.75 Å². The molecule has 1 unspecified atom stereocenters. The van der Waals surface area contributed by atoms with Crippen LogP contribution in [0.4, 0.5) is 27.6 Å². The second kappa shape index (κ2) is 14.8. The summed E-state index contributed by atoms with van der Waals surface area (Å²) in [7, 11) is 2.93. The molecule has 58 heavy (non-hydrogen) atoms. The molecule has 2 fully saturated rings. The van der Waals surface area contributed by atoms with Gasteiger partial charge in [-0.2, -0.15) is 27.1 Å². The lowest BCUT2D eigenvalue weighted by Gasteiger charge is -2.37. The molecule has 0 bridgehead atoms. The van der Waals surface area contributed by atoms with E-state index < -0.39 is 59.5 Å². The standard InChI is InChI=1S/C40H39F5N8O5/c1-50-32-17-23(8-11-30(32)53(38(50)57)31-12-13-35(54)48-37(31)56)26-14-15-51(21-39(26,41)42)19-22-6-9-25(10-7-22)52-20-24-16-29(33(58-2)18-28(24)49-52)47-36(55)27-4-3-5-34(46-27)40(43,44)45/h3-5,8,11,14,16-18,20,22,25,31H,6-7,9-10,12-13,15,19,21H2,1-2H3,(H,47,55)(H,48,54,56)/t22-,25-,31?. The number of amides is 3. The number of carbonyl (C=O) groups excluding carboxylic acids is 3. The van der Waals surface area contributed by atoms with Crippen molar-refractivity contribution < 1.29 is 41.1 Å². The number of pyridine rings is 1. The Morgan fingerprint density at radius 1 is 1.02 bits per heavy atom. The Bertz CT molecular complexity index is 2550. The van der Waals surface area contributed by atoms with E-state index in [0.717, 1.165) is 37.8 Å². The third-order valence-electron chi connectivity index (χ3n) is 11.4. The highest BCUT2D eigenvalue weighted by Crippen LogP contribution is 2.40. The second-order valence-corrected chi connectivity index (χ2v) is 15.2. The first kappa shape index (κ1) is 38.9. The maximum absolute atomic E-state index is 15.8. The number of fused-ring (bicyclic) bond motifs is 2. The number of imidazole rings is 1. The highest BCUT2D eigenvalue weighted by Gasteiger charge is 2.41. The molecule has 18 heteroatoms. The van der Waals surface area contributed by atoms with Crippen molar-refractivity contribution in [1.29, 1.82) is 0 Å². The van der Waals surface area contributed by atoms with Crippen LogP contribution in [0.1, 0.15) is 72.4 Å². The Labute approximate surface area is 327 Å². The van der Waals surface area contributed by atoms with E-state index in [1.54, 1.807) is 41.3 Å². The number of piperidine rings is 1. The van der Waals surface area contributed by atoms with Gasteiger partial charge >= 0.3 is 11.9 Å². The van der Waals surface area contributed by atoms with E-state index in [1.165, 1.54) is 29.4 Å². The van der Waals surface area contributed by atoms with Gasteiger partial charge in [0.25, 0.3) is 11.8 Å². The van der Waals surface area contributed by atoms with Crippen LogP contribution in [0.3, 0.4) is 0 Å². The topological polar surface area (TPSA) is 145 Å². The zero-order valence-electron chi connectivity index (χ0n) is 31.5. The number of anilines is 1. The van der Waals surface area contributed by atoms with Crippen molar-refractivity contribution in [3.8, 4) is 5.75 Å². The molecule has 3 aromatic heterocycles. The molecular weight excluding hydrogens is 767 g/mol. The van der Waals surface area contributed by atoms with Gasteiger partial charge in [-0.05, 0) is 73.9 Å². The number of ether oxygens (including phenoxy) is 1. The molecule has 2 aliphatic heterocycles. The minimum atomic E-state index is -4.70. The fourth-order valence-corrected chi connectivity index (χ4v) is 8.42. The summed E-state index contributed by atoms with van der Waals surface area (Å²) in [6.07, 6.45) is 2.07. The lowest BCUT2D eigenvalue weighted by Crippen LogP contribution is -2.44. The molecule has 13 nitrogen and oxygen atoms in total. The summed E-state index contributed by atoms with van der Waals surface area (Å²) in [6, 6.07) is 10.2. The highest BCUT2D eigenvalue weighted by atomic mass is 19.4. The van der Waals surface area contributed by atoms with Gasteiger partial charge in [0, 0.05) is 49.8 Å². The molecule has 0 spiro atoms. The molecule has 5 aromatic rings. The molecule has 1 saturated heterocycles. The lowest BCUT2D eigenvalue weighted by molar-refractivity contribution is -0.141. The third kappa shape index (κ3) is 7.36. The summed E-state index contributed by atoms with van der Waals surface area (Å²) in [5, 5.41) is 10.3. The van der Waals surface area contributed by atoms with Crippen LogP contribution >= 0.6 is 0 Å². The van der Waals surface area contributed by atoms with Gasteiger partial charge in [-0.25, -0.2) is 9.78 Å². The minimum absolute atomic E-state index is 0.0482. The highest BCUT2D eigenvalue weighted by molar-refractivity contribution is 6.05. The van der Waals surface area contributed by atoms with Crippen molar-refractivity contribution in [2.24, 2.45) is 13.0 Å². The van der Waals surface area contributed by atoms with Crippen LogP contribution in [-0.4, -0.2) is 79.2 Å². The Morgan fingerprint density at radius 2 is 1.79 bits per heavy atom. The van der Waals surface area contributed by atoms with Crippen LogP contribution in [-0.2, 0) is 22.8 Å². The summed E-state index contributed by atoms with van der Waals surface area (Å²) >= 11 is 0. The monoisotopic (exact) mass is 806 g/mol. The Balaban J connectivity index is 0.909. The van der Waals surface area contributed by atoms with Crippen molar-refractivity contribution in [2.45, 2.75) is 62.7 Å². The fraction of sp³-hybridized carbons (Fsp3) is 0.400. The summed E-state index contributed by atoms with van der Waals surface area (Å²) in [4.78, 5) is 55.5. The first-order valence-electron chi connectivity index (χ1n) is 18.9. The van der Waals surface area contributed by atoms with E-state index >= 15 is 8.78 Å². The van der Waals surface area contributed by atoms with E-state index in [0.29, 0.717) is 40.6 Å². The lowest BCUT2D eigenvalue weighted by atomic mass is 9.85. The Morgan fingerprint density at radius 3 is 2.50 bits per heavy atom. The van der Waals surface area contributed by atoms with Crippen molar-refractivity contribution in [2.75, 3.05) is 32.1 Å². The van der Waals surface area contributed by atoms with Crippen LogP contribution in [0.15, 0.2) is 65.6 Å². The van der Waals surface area contributed by atoms with Crippen LogP contribution in [0.2, 0.25) is 0 Å². The summed E-state index contributed by atoms with van der Waals surface area (Å²) in [5.74, 6) is -4.50. The Kier molecular flexibility index (Phi) is 9.93. The summed E-state index contributed by atoms with van der Waals surface area (Å²) in [6.45, 7) is 0.368. The van der Waals surface area contributed by atoms with Crippen molar-refractivity contribution in [1.82, 2.24) is 34.1 Å². The number of nitrogens with one attached hydrogen (secondary N) is 2. The van der Waals surface area contributed by atoms with Gasteiger partial charge in [0.05, 0.1) is 41.9 Å². The molecule has 2 N–H and O–H groups in total. The molecule has 3 amide bonds. The van der Waals surface area contributed by atoms with E-state index in [2.05, 4.69) is 15.6 Å². The van der Waals surface area contributed by atoms with Gasteiger partial charge in [-0.15, -0.1) is 0 Å². The maximum Gasteiger partial charge on any atom is 0.433 e.